The summed E-state index contributed by atoms with van der Waals surface area (Å²) in [6.07, 6.45) is 10.8. The van der Waals surface area contributed by atoms with E-state index in [1.165, 1.54) is 12.5 Å². The van der Waals surface area contributed by atoms with Crippen LogP contribution in [-0.4, -0.2) is 34.9 Å². The predicted molar refractivity (Wildman–Crippen MR) is 114 cm³/mol. The number of aryl methyl sites for hydroxylation is 1. The molecule has 0 bridgehead atoms. The van der Waals surface area contributed by atoms with Crippen LogP contribution in [0, 0.1) is 0 Å². The molecule has 1 aliphatic heterocycles. The Kier molecular flexibility index (Phi) is 8.90. The Morgan fingerprint density at radius 1 is 1.33 bits per heavy atom. The number of carbonyl (C=O) groups excluding carboxylic acids is 2. The van der Waals surface area contributed by atoms with E-state index in [2.05, 4.69) is 6.08 Å². The molecule has 1 fully saturated rings. The lowest BCUT2D eigenvalue weighted by Gasteiger charge is -2.32. The number of hydrogen-bond donors (Lipinski definition) is 1. The molecule has 0 amide bonds. The molecule has 1 aromatic heterocycles. The summed E-state index contributed by atoms with van der Waals surface area (Å²) in [5, 5.41) is 10.4. The van der Waals surface area contributed by atoms with Crippen LogP contribution in [0.5, 0.6) is 0 Å². The van der Waals surface area contributed by atoms with E-state index < -0.39 is 17.8 Å². The zero-order valence-electron chi connectivity index (χ0n) is 18.5. The van der Waals surface area contributed by atoms with E-state index in [1.807, 2.05) is 32.9 Å². The minimum atomic E-state index is -0.782. The van der Waals surface area contributed by atoms with E-state index in [0.29, 0.717) is 32.1 Å². The summed E-state index contributed by atoms with van der Waals surface area (Å²) in [6.45, 7) is 7.15. The number of allylic oxidation sites excluding steroid dienone is 2. The molecule has 2 rings (SSSR count). The molecular weight excluding hydrogens is 384 g/mol. The normalized spacial score (nSPS) is 22.0. The first-order chi connectivity index (χ1) is 14.2. The van der Waals surface area contributed by atoms with Crippen molar-refractivity contribution in [3.63, 3.8) is 0 Å². The van der Waals surface area contributed by atoms with Crippen LogP contribution in [0.3, 0.4) is 0 Å². The Balaban J connectivity index is 1.84. The number of rotatable bonds is 11. The Labute approximate surface area is 178 Å². The fraction of sp³-hybridized carbons (Fsp3) is 0.583. The highest BCUT2D eigenvalue weighted by molar-refractivity contribution is 5.72. The Bertz CT molecular complexity index is 761. The second kappa shape index (κ2) is 11.2. The number of furan rings is 1. The third-order valence-corrected chi connectivity index (χ3v) is 5.48. The van der Waals surface area contributed by atoms with E-state index in [4.69, 9.17) is 13.9 Å². The zero-order valence-corrected chi connectivity index (χ0v) is 18.5. The Morgan fingerprint density at radius 3 is 2.70 bits per heavy atom. The van der Waals surface area contributed by atoms with Crippen LogP contribution in [0.2, 0.25) is 0 Å². The van der Waals surface area contributed by atoms with E-state index in [-0.39, 0.29) is 11.9 Å². The Morgan fingerprint density at radius 2 is 2.10 bits per heavy atom. The van der Waals surface area contributed by atoms with Crippen molar-refractivity contribution in [2.24, 2.45) is 0 Å². The van der Waals surface area contributed by atoms with Crippen molar-refractivity contribution in [2.75, 3.05) is 0 Å². The number of carbonyl (C=O) groups is 2. The van der Waals surface area contributed by atoms with E-state index in [1.54, 1.807) is 12.5 Å². The summed E-state index contributed by atoms with van der Waals surface area (Å²) in [4.78, 5) is 23.1. The van der Waals surface area contributed by atoms with Gasteiger partial charge in [-0.2, -0.15) is 0 Å². The van der Waals surface area contributed by atoms with Gasteiger partial charge in [0.15, 0.2) is 0 Å². The van der Waals surface area contributed by atoms with Gasteiger partial charge < -0.3 is 19.0 Å². The lowest BCUT2D eigenvalue weighted by atomic mass is 9.90. The minimum absolute atomic E-state index is 0.257. The SMILES string of the molecule is CC(=O)O[C@@H](CC/C(C)=C/[C@@H](O)C/C(C)=C/CCc1ccoc1)[C@]1(C)CCC(=O)O1. The van der Waals surface area contributed by atoms with E-state index in [0.717, 1.165) is 24.0 Å². The lowest BCUT2D eigenvalue weighted by Crippen LogP contribution is -2.42. The fourth-order valence-electron chi connectivity index (χ4n) is 3.79. The van der Waals surface area contributed by atoms with Crippen molar-refractivity contribution in [2.45, 2.75) is 90.4 Å². The molecule has 0 aromatic carbocycles. The summed E-state index contributed by atoms with van der Waals surface area (Å²) in [5.74, 6) is -0.644. The van der Waals surface area contributed by atoms with E-state index >= 15 is 0 Å². The lowest BCUT2D eigenvalue weighted by molar-refractivity contribution is -0.172. The molecule has 0 radical (unpaired) electrons. The molecular formula is C24H34O6. The zero-order chi connectivity index (χ0) is 22.1. The van der Waals surface area contributed by atoms with Gasteiger partial charge >= 0.3 is 11.9 Å². The maximum atomic E-state index is 11.6. The molecule has 1 aromatic rings. The Hall–Kier alpha value is -2.34. The summed E-state index contributed by atoms with van der Waals surface area (Å²) >= 11 is 0. The van der Waals surface area contributed by atoms with Crippen molar-refractivity contribution >= 4 is 11.9 Å². The van der Waals surface area contributed by atoms with Crippen LogP contribution in [0.4, 0.5) is 0 Å². The molecule has 2 heterocycles. The summed E-state index contributed by atoms with van der Waals surface area (Å²) in [5.41, 5.74) is 2.53. The van der Waals surface area contributed by atoms with Gasteiger partial charge in [0, 0.05) is 19.8 Å². The molecule has 1 saturated heterocycles. The van der Waals surface area contributed by atoms with Gasteiger partial charge in [-0.15, -0.1) is 0 Å². The second-order valence-corrected chi connectivity index (χ2v) is 8.43. The van der Waals surface area contributed by atoms with Crippen molar-refractivity contribution in [3.05, 3.63) is 47.5 Å². The van der Waals surface area contributed by atoms with Gasteiger partial charge in [-0.05, 0) is 64.5 Å². The molecule has 0 unspecified atom stereocenters. The molecule has 1 N–H and O–H groups in total. The van der Waals surface area contributed by atoms with Crippen LogP contribution in [0.1, 0.15) is 71.8 Å². The first-order valence-electron chi connectivity index (χ1n) is 10.6. The first kappa shape index (κ1) is 23.9. The molecule has 3 atom stereocenters. The van der Waals surface area contributed by atoms with Crippen molar-refractivity contribution in [1.82, 2.24) is 0 Å². The first-order valence-corrected chi connectivity index (χ1v) is 10.6. The predicted octanol–water partition coefficient (Wildman–Crippen LogP) is 4.66. The average molecular weight is 419 g/mol. The maximum absolute atomic E-state index is 11.6. The summed E-state index contributed by atoms with van der Waals surface area (Å²) < 4.78 is 16.0. The van der Waals surface area contributed by atoms with Gasteiger partial charge in [0.25, 0.3) is 0 Å². The summed E-state index contributed by atoms with van der Waals surface area (Å²) in [6, 6.07) is 1.96. The van der Waals surface area contributed by atoms with Gasteiger partial charge in [-0.25, -0.2) is 0 Å². The van der Waals surface area contributed by atoms with Crippen LogP contribution in [-0.2, 0) is 25.5 Å². The van der Waals surface area contributed by atoms with E-state index in [9.17, 15) is 14.7 Å². The number of aliphatic hydroxyl groups is 1. The second-order valence-electron chi connectivity index (χ2n) is 8.43. The number of esters is 2. The highest BCUT2D eigenvalue weighted by atomic mass is 16.6. The van der Waals surface area contributed by atoms with Gasteiger partial charge in [0.2, 0.25) is 0 Å². The fourth-order valence-corrected chi connectivity index (χ4v) is 3.79. The number of aliphatic hydroxyl groups excluding tert-OH is 1. The highest BCUT2D eigenvalue weighted by Gasteiger charge is 2.44. The smallest absolute Gasteiger partial charge is 0.306 e. The third kappa shape index (κ3) is 7.82. The molecule has 1 aliphatic rings. The van der Waals surface area contributed by atoms with Crippen molar-refractivity contribution in [1.29, 1.82) is 0 Å². The third-order valence-electron chi connectivity index (χ3n) is 5.48. The maximum Gasteiger partial charge on any atom is 0.306 e. The molecule has 166 valence electrons. The molecule has 6 nitrogen and oxygen atoms in total. The standard InChI is InChI=1S/C24H34O6/c1-17(6-5-7-20-11-13-28-16-20)14-21(26)15-18(2)8-9-22(29-19(3)25)24(4)12-10-23(27)30-24/h6,11,13,15-16,21-22,26H,5,7-10,12,14H2,1-4H3/b17-6+,18-15+/t21-,22-,24-/m0/s1. The highest BCUT2D eigenvalue weighted by Crippen LogP contribution is 2.34. The molecule has 0 spiro atoms. The number of ether oxygens (including phenoxy) is 2. The van der Waals surface area contributed by atoms with Gasteiger partial charge in [-0.1, -0.05) is 23.3 Å². The topological polar surface area (TPSA) is 86.0 Å². The monoisotopic (exact) mass is 418 g/mol. The minimum Gasteiger partial charge on any atom is -0.472 e. The van der Waals surface area contributed by atoms with Gasteiger partial charge in [-0.3, -0.25) is 9.59 Å². The average Bonchev–Trinajstić information content (AvgIpc) is 3.28. The summed E-state index contributed by atoms with van der Waals surface area (Å²) in [7, 11) is 0. The number of cyclic esters (lactones) is 1. The van der Waals surface area contributed by atoms with Crippen LogP contribution >= 0.6 is 0 Å². The largest absolute Gasteiger partial charge is 0.472 e. The number of hydrogen-bond acceptors (Lipinski definition) is 6. The molecule has 0 saturated carbocycles. The molecule has 30 heavy (non-hydrogen) atoms. The van der Waals surface area contributed by atoms with Crippen molar-refractivity contribution in [3.8, 4) is 0 Å². The quantitative estimate of drug-likeness (QED) is 0.415. The van der Waals surface area contributed by atoms with Crippen LogP contribution in [0.15, 0.2) is 46.3 Å². The van der Waals surface area contributed by atoms with Crippen LogP contribution in [0.25, 0.3) is 0 Å². The molecule has 0 aliphatic carbocycles. The van der Waals surface area contributed by atoms with Gasteiger partial charge in [0.1, 0.15) is 11.7 Å². The van der Waals surface area contributed by atoms with Gasteiger partial charge in [0.05, 0.1) is 18.6 Å². The van der Waals surface area contributed by atoms with Crippen LogP contribution < -0.4 is 0 Å². The van der Waals surface area contributed by atoms with Crippen molar-refractivity contribution < 1.29 is 28.6 Å². The molecule has 6 heteroatoms.